The van der Waals surface area contributed by atoms with Crippen LogP contribution in [0.3, 0.4) is 0 Å². The van der Waals surface area contributed by atoms with Gasteiger partial charge >= 0.3 is 0 Å². The molecule has 0 amide bonds. The van der Waals surface area contributed by atoms with Crippen molar-refractivity contribution in [1.82, 2.24) is 10.1 Å². The summed E-state index contributed by atoms with van der Waals surface area (Å²) in [6.45, 7) is 4.58. The molecule has 0 radical (unpaired) electrons. The van der Waals surface area contributed by atoms with Gasteiger partial charge in [-0.05, 0) is 12.8 Å². The average Bonchev–Trinajstić information content (AvgIpc) is 2.92. The third-order valence-electron chi connectivity index (χ3n) is 4.43. The zero-order valence-corrected chi connectivity index (χ0v) is 13.8. The molecular formula is C14H23N3OS2. The van der Waals surface area contributed by atoms with Gasteiger partial charge in [-0.15, -0.1) is 11.8 Å². The smallest absolute Gasteiger partial charge is 0.231 e. The summed E-state index contributed by atoms with van der Waals surface area (Å²) in [6.07, 6.45) is 4.61. The Bertz CT molecular complexity index is 453. The molecule has 2 fully saturated rings. The van der Waals surface area contributed by atoms with Crippen LogP contribution in [0.1, 0.15) is 62.4 Å². The van der Waals surface area contributed by atoms with Crippen LogP contribution in [0.2, 0.25) is 0 Å². The van der Waals surface area contributed by atoms with Gasteiger partial charge in [-0.25, -0.2) is 0 Å². The summed E-state index contributed by atoms with van der Waals surface area (Å²) in [5.41, 5.74) is 6.20. The Morgan fingerprint density at radius 3 is 2.75 bits per heavy atom. The van der Waals surface area contributed by atoms with E-state index in [9.17, 15) is 0 Å². The number of nitrogens with zero attached hydrogens (tertiary/aromatic N) is 2. The van der Waals surface area contributed by atoms with Gasteiger partial charge in [0.15, 0.2) is 5.82 Å². The van der Waals surface area contributed by atoms with Crippen LogP contribution in [0.5, 0.6) is 0 Å². The van der Waals surface area contributed by atoms with Crippen LogP contribution in [-0.4, -0.2) is 32.4 Å². The molecule has 0 bridgehead atoms. The zero-order valence-electron chi connectivity index (χ0n) is 12.1. The van der Waals surface area contributed by atoms with Gasteiger partial charge in [0, 0.05) is 22.3 Å². The first-order valence-electron chi connectivity index (χ1n) is 7.51. The van der Waals surface area contributed by atoms with Gasteiger partial charge in [0.25, 0.3) is 0 Å². The fourth-order valence-corrected chi connectivity index (χ4v) is 5.75. The molecule has 6 heteroatoms. The first-order valence-corrected chi connectivity index (χ1v) is 9.50. The standard InChI is InChI=1S/C14H23N3OS2/c1-8-9(2)20-12(7-19-8)13-16-14(18-17-13)10-5-3-4-6-11(10)15/h8-12H,3-7,15H2,1-2H3. The van der Waals surface area contributed by atoms with Gasteiger partial charge in [-0.2, -0.15) is 16.7 Å². The van der Waals surface area contributed by atoms with Crippen molar-refractivity contribution in [3.05, 3.63) is 11.7 Å². The van der Waals surface area contributed by atoms with E-state index >= 15 is 0 Å². The van der Waals surface area contributed by atoms with Crippen LogP contribution in [0, 0.1) is 0 Å². The summed E-state index contributed by atoms with van der Waals surface area (Å²) in [5.74, 6) is 2.98. The summed E-state index contributed by atoms with van der Waals surface area (Å²) in [5, 5.41) is 5.94. The lowest BCUT2D eigenvalue weighted by molar-refractivity contribution is 0.289. The average molecular weight is 313 g/mol. The Kier molecular flexibility index (Phi) is 4.62. The summed E-state index contributed by atoms with van der Waals surface area (Å²) in [6, 6.07) is 0.185. The lowest BCUT2D eigenvalue weighted by Crippen LogP contribution is -2.31. The molecule has 1 aliphatic carbocycles. The highest BCUT2D eigenvalue weighted by atomic mass is 32.2. The Morgan fingerprint density at radius 1 is 1.20 bits per heavy atom. The van der Waals surface area contributed by atoms with Crippen molar-refractivity contribution in [3.63, 3.8) is 0 Å². The quantitative estimate of drug-likeness (QED) is 0.903. The van der Waals surface area contributed by atoms with E-state index in [2.05, 4.69) is 24.0 Å². The molecule has 2 N–H and O–H groups in total. The van der Waals surface area contributed by atoms with Gasteiger partial charge in [0.2, 0.25) is 5.89 Å². The van der Waals surface area contributed by atoms with E-state index in [0.29, 0.717) is 15.7 Å². The molecule has 0 spiro atoms. The minimum absolute atomic E-state index is 0.185. The summed E-state index contributed by atoms with van der Waals surface area (Å²) in [7, 11) is 0. The van der Waals surface area contributed by atoms with Crippen LogP contribution < -0.4 is 5.73 Å². The molecular weight excluding hydrogens is 290 g/mol. The molecule has 1 aliphatic heterocycles. The third-order valence-corrected chi connectivity index (χ3v) is 7.82. The lowest BCUT2D eigenvalue weighted by atomic mass is 9.85. The number of thioether (sulfide) groups is 2. The lowest BCUT2D eigenvalue weighted by Gasteiger charge is -2.29. The van der Waals surface area contributed by atoms with Gasteiger partial charge in [-0.1, -0.05) is 31.8 Å². The Balaban J connectivity index is 1.70. The van der Waals surface area contributed by atoms with Crippen molar-refractivity contribution >= 4 is 23.5 Å². The summed E-state index contributed by atoms with van der Waals surface area (Å²) in [4.78, 5) is 4.68. The number of nitrogens with two attached hydrogens (primary N) is 1. The highest BCUT2D eigenvalue weighted by Gasteiger charge is 2.32. The summed E-state index contributed by atoms with van der Waals surface area (Å²) < 4.78 is 5.53. The Hall–Kier alpha value is -0.200. The minimum Gasteiger partial charge on any atom is -0.339 e. The second-order valence-electron chi connectivity index (χ2n) is 5.91. The van der Waals surface area contributed by atoms with Crippen LogP contribution in [0.15, 0.2) is 4.52 Å². The number of aromatic nitrogens is 2. The molecule has 5 unspecified atom stereocenters. The second kappa shape index (κ2) is 6.28. The van der Waals surface area contributed by atoms with Crippen molar-refractivity contribution in [2.24, 2.45) is 5.73 Å². The second-order valence-corrected chi connectivity index (χ2v) is 8.91. The summed E-state index contributed by atoms with van der Waals surface area (Å²) >= 11 is 3.98. The van der Waals surface area contributed by atoms with Crippen molar-refractivity contribution in [3.8, 4) is 0 Å². The molecule has 1 aromatic rings. The molecule has 1 saturated heterocycles. The van der Waals surface area contributed by atoms with E-state index in [1.54, 1.807) is 0 Å². The van der Waals surface area contributed by atoms with Gasteiger partial charge in [0.05, 0.1) is 11.2 Å². The van der Waals surface area contributed by atoms with Crippen molar-refractivity contribution in [1.29, 1.82) is 0 Å². The van der Waals surface area contributed by atoms with Crippen molar-refractivity contribution < 1.29 is 4.52 Å². The van der Waals surface area contributed by atoms with E-state index in [4.69, 9.17) is 10.3 Å². The number of rotatable bonds is 2. The molecule has 2 aliphatic rings. The molecule has 20 heavy (non-hydrogen) atoms. The predicted molar refractivity (Wildman–Crippen MR) is 85.2 cm³/mol. The number of hydrogen-bond acceptors (Lipinski definition) is 6. The maximum atomic E-state index is 6.20. The predicted octanol–water partition coefficient (Wildman–Crippen LogP) is 3.35. The highest BCUT2D eigenvalue weighted by Crippen LogP contribution is 2.43. The fraction of sp³-hybridized carbons (Fsp3) is 0.857. The van der Waals surface area contributed by atoms with Crippen LogP contribution in [-0.2, 0) is 0 Å². The van der Waals surface area contributed by atoms with Gasteiger partial charge in [0.1, 0.15) is 0 Å². The first kappa shape index (κ1) is 14.7. The maximum absolute atomic E-state index is 6.20. The Morgan fingerprint density at radius 2 is 2.00 bits per heavy atom. The van der Waals surface area contributed by atoms with Gasteiger partial charge < -0.3 is 10.3 Å². The third kappa shape index (κ3) is 3.02. The highest BCUT2D eigenvalue weighted by molar-refractivity contribution is 8.07. The first-order chi connectivity index (χ1) is 9.65. The van der Waals surface area contributed by atoms with E-state index in [1.807, 2.05) is 23.5 Å². The SMILES string of the molecule is CC1SCC(c2noc(C3CCCCC3N)n2)SC1C. The molecule has 0 aromatic carbocycles. The minimum atomic E-state index is 0.185. The maximum Gasteiger partial charge on any atom is 0.231 e. The van der Waals surface area contributed by atoms with E-state index in [1.165, 1.54) is 12.8 Å². The molecule has 2 heterocycles. The van der Waals surface area contributed by atoms with E-state index in [-0.39, 0.29) is 12.0 Å². The van der Waals surface area contributed by atoms with E-state index < -0.39 is 0 Å². The Labute approximate surface area is 129 Å². The normalized spacial score (nSPS) is 38.9. The molecule has 112 valence electrons. The van der Waals surface area contributed by atoms with Crippen molar-refractivity contribution in [2.75, 3.05) is 5.75 Å². The monoisotopic (exact) mass is 313 g/mol. The van der Waals surface area contributed by atoms with Gasteiger partial charge in [-0.3, -0.25) is 0 Å². The molecule has 4 nitrogen and oxygen atoms in total. The zero-order chi connectivity index (χ0) is 14.1. The largest absolute Gasteiger partial charge is 0.339 e. The van der Waals surface area contributed by atoms with Crippen LogP contribution >= 0.6 is 23.5 Å². The van der Waals surface area contributed by atoms with E-state index in [0.717, 1.165) is 30.3 Å². The van der Waals surface area contributed by atoms with Crippen LogP contribution in [0.25, 0.3) is 0 Å². The molecule has 5 atom stereocenters. The van der Waals surface area contributed by atoms with Crippen molar-refractivity contribution in [2.45, 2.75) is 67.2 Å². The molecule has 3 rings (SSSR count). The number of hydrogen-bond donors (Lipinski definition) is 1. The fourth-order valence-electron chi connectivity index (χ4n) is 2.91. The topological polar surface area (TPSA) is 64.9 Å². The van der Waals surface area contributed by atoms with Crippen LogP contribution in [0.4, 0.5) is 0 Å². The molecule has 1 aromatic heterocycles. The molecule has 1 saturated carbocycles.